The van der Waals surface area contributed by atoms with Gasteiger partial charge in [0.2, 0.25) is 5.91 Å². The van der Waals surface area contributed by atoms with Crippen LogP contribution >= 0.6 is 0 Å². The molecule has 6 rings (SSSR count). The van der Waals surface area contributed by atoms with Gasteiger partial charge >= 0.3 is 11.9 Å². The molecule has 4 aromatic rings. The van der Waals surface area contributed by atoms with Crippen molar-refractivity contribution in [1.29, 1.82) is 0 Å². The van der Waals surface area contributed by atoms with Gasteiger partial charge in [-0.15, -0.1) is 0 Å². The maximum Gasteiger partial charge on any atom is 0.419 e. The van der Waals surface area contributed by atoms with Crippen LogP contribution in [0.3, 0.4) is 0 Å². The number of alkyl halides is 3. The Kier molecular flexibility index (Phi) is 8.59. The molecule has 0 radical (unpaired) electrons. The van der Waals surface area contributed by atoms with E-state index < -0.39 is 56.2 Å². The number of rotatable bonds is 6. The topological polar surface area (TPSA) is 109 Å². The first-order chi connectivity index (χ1) is 23.0. The predicted octanol–water partition coefficient (Wildman–Crippen LogP) is 4.40. The van der Waals surface area contributed by atoms with Crippen molar-refractivity contribution in [3.05, 3.63) is 88.4 Å². The van der Waals surface area contributed by atoms with Crippen molar-refractivity contribution in [3.63, 3.8) is 0 Å². The van der Waals surface area contributed by atoms with E-state index in [0.29, 0.717) is 24.7 Å². The number of nitrogens with zero attached hydrogens (tertiary/aromatic N) is 6. The summed E-state index contributed by atoms with van der Waals surface area (Å²) in [7, 11) is -2.18. The molecule has 49 heavy (non-hydrogen) atoms. The van der Waals surface area contributed by atoms with E-state index in [0.717, 1.165) is 35.1 Å². The van der Waals surface area contributed by atoms with Gasteiger partial charge in [0.05, 0.1) is 16.0 Å². The number of pyridine rings is 1. The van der Waals surface area contributed by atoms with Crippen molar-refractivity contribution in [2.24, 2.45) is 0 Å². The van der Waals surface area contributed by atoms with Crippen molar-refractivity contribution >= 4 is 32.6 Å². The van der Waals surface area contributed by atoms with Gasteiger partial charge in [-0.1, -0.05) is 30.8 Å². The summed E-state index contributed by atoms with van der Waals surface area (Å²) in [6.45, 7) is 6.77. The average molecular weight is 703 g/mol. The number of para-hydroxylation sites is 1. The Bertz CT molecular complexity index is 2180. The fourth-order valence-electron chi connectivity index (χ4n) is 6.63. The van der Waals surface area contributed by atoms with E-state index in [9.17, 15) is 35.6 Å². The van der Waals surface area contributed by atoms with Crippen LogP contribution in [0.5, 0.6) is 0 Å². The molecule has 16 heteroatoms. The molecule has 2 aliphatic rings. The van der Waals surface area contributed by atoms with Crippen LogP contribution < -0.4 is 10.6 Å². The number of fused-ring (bicyclic) bond motifs is 1. The van der Waals surface area contributed by atoms with E-state index in [2.05, 4.69) is 16.5 Å². The van der Waals surface area contributed by atoms with Crippen LogP contribution in [-0.4, -0.2) is 90.7 Å². The molecule has 1 amide bonds. The maximum atomic E-state index is 16.1. The summed E-state index contributed by atoms with van der Waals surface area (Å²) in [4.78, 5) is 40.0. The van der Waals surface area contributed by atoms with Crippen LogP contribution in [0.2, 0.25) is 0 Å². The van der Waals surface area contributed by atoms with Gasteiger partial charge in [-0.2, -0.15) is 18.2 Å². The normalized spacial score (nSPS) is 17.8. The third kappa shape index (κ3) is 6.07. The molecule has 2 aromatic heterocycles. The number of anilines is 1. The lowest BCUT2D eigenvalue weighted by Crippen LogP contribution is -2.54. The van der Waals surface area contributed by atoms with E-state index in [1.54, 1.807) is 17.9 Å². The highest BCUT2D eigenvalue weighted by Crippen LogP contribution is 2.41. The van der Waals surface area contributed by atoms with Crippen LogP contribution in [0.25, 0.3) is 28.0 Å². The van der Waals surface area contributed by atoms with Crippen LogP contribution in [0.4, 0.5) is 27.8 Å². The Labute approximate surface area is 278 Å². The number of hydrogen-bond donors (Lipinski definition) is 0. The number of likely N-dealkylation sites (N-methyl/N-ethyl adjacent to an activating group) is 1. The molecule has 1 atom stereocenters. The van der Waals surface area contributed by atoms with Crippen molar-refractivity contribution in [3.8, 4) is 16.9 Å². The summed E-state index contributed by atoms with van der Waals surface area (Å²) in [5.74, 6) is -3.54. The summed E-state index contributed by atoms with van der Waals surface area (Å²) in [6.07, 6.45) is -3.13. The highest BCUT2D eigenvalue weighted by atomic mass is 32.2. The van der Waals surface area contributed by atoms with Gasteiger partial charge in [-0.25, -0.2) is 31.5 Å². The van der Waals surface area contributed by atoms with E-state index in [1.165, 1.54) is 17.0 Å². The molecule has 2 saturated heterocycles. The van der Waals surface area contributed by atoms with Crippen molar-refractivity contribution < 1.29 is 35.2 Å². The van der Waals surface area contributed by atoms with Gasteiger partial charge in [0.1, 0.15) is 28.7 Å². The monoisotopic (exact) mass is 702 g/mol. The van der Waals surface area contributed by atoms with E-state index >= 15 is 4.39 Å². The lowest BCUT2D eigenvalue weighted by Gasteiger charge is -2.40. The van der Waals surface area contributed by atoms with Gasteiger partial charge < -0.3 is 14.7 Å². The second kappa shape index (κ2) is 12.3. The Balaban J connectivity index is 1.70. The van der Waals surface area contributed by atoms with Crippen molar-refractivity contribution in [2.75, 3.05) is 50.9 Å². The number of benzene rings is 2. The molecule has 2 aromatic carbocycles. The Hall–Kier alpha value is -4.70. The summed E-state index contributed by atoms with van der Waals surface area (Å²) in [5, 5.41) is -0.110. The zero-order valence-corrected chi connectivity index (χ0v) is 27.4. The second-order valence-electron chi connectivity index (χ2n) is 12.3. The largest absolute Gasteiger partial charge is 0.419 e. The molecule has 2 aliphatic heterocycles. The number of carbonyl (C=O) groups is 1. The summed E-state index contributed by atoms with van der Waals surface area (Å²) in [5.41, 5.74) is -4.64. The minimum absolute atomic E-state index is 0.0653. The predicted molar refractivity (Wildman–Crippen MR) is 172 cm³/mol. The molecular formula is C33H31F5N6O4S. The highest BCUT2D eigenvalue weighted by Gasteiger charge is 2.39. The van der Waals surface area contributed by atoms with Crippen LogP contribution in [0, 0.1) is 11.6 Å². The molecular weight excluding hydrogens is 671 g/mol. The first kappa shape index (κ1) is 34.2. The van der Waals surface area contributed by atoms with E-state index in [1.807, 2.05) is 11.9 Å². The standard InChI is InChI=1S/C33H31F5N6O4S/c1-5-26(45)42-12-13-43(18(2)15-42)30-22-14-24(35)28(21-9-6-10-23(34)27(21)33(36,37)38)39-31(22)44(32(46)40-30)29-20(19-16-41(3)17-19)8-7-11-25(29)49(4,47)48/h5-11,14,18-19H,1,12-13,15-17H2,2-4H3/t18-/m0/s1. The Morgan fingerprint density at radius 3 is 2.33 bits per heavy atom. The molecule has 2 fully saturated rings. The number of piperazine rings is 1. The Morgan fingerprint density at radius 2 is 1.71 bits per heavy atom. The van der Waals surface area contributed by atoms with Crippen LogP contribution in [0.15, 0.2) is 64.8 Å². The third-order valence-corrected chi connectivity index (χ3v) is 10.0. The summed E-state index contributed by atoms with van der Waals surface area (Å²) < 4.78 is 101. The molecule has 0 aliphatic carbocycles. The van der Waals surface area contributed by atoms with Crippen LogP contribution in [-0.2, 0) is 20.8 Å². The number of amides is 1. The minimum atomic E-state index is -5.24. The number of sulfone groups is 1. The van der Waals surface area contributed by atoms with Gasteiger partial charge in [0.15, 0.2) is 15.5 Å². The lowest BCUT2D eigenvalue weighted by atomic mass is 9.90. The van der Waals surface area contributed by atoms with Gasteiger partial charge in [0, 0.05) is 56.5 Å². The summed E-state index contributed by atoms with van der Waals surface area (Å²) >= 11 is 0. The first-order valence-electron chi connectivity index (χ1n) is 15.2. The van der Waals surface area contributed by atoms with Gasteiger partial charge in [-0.05, 0) is 43.8 Å². The van der Waals surface area contributed by atoms with Gasteiger partial charge in [0.25, 0.3) is 0 Å². The zero-order chi connectivity index (χ0) is 35.6. The fourth-order valence-corrected chi connectivity index (χ4v) is 7.52. The average Bonchev–Trinajstić information content (AvgIpc) is 3.01. The number of likely N-dealkylation sites (tertiary alicyclic amines) is 1. The molecule has 10 nitrogen and oxygen atoms in total. The molecule has 0 unspecified atom stereocenters. The highest BCUT2D eigenvalue weighted by molar-refractivity contribution is 7.90. The SMILES string of the molecule is C=CC(=O)N1CCN(c2nc(=O)n(-c3c(C4CN(C)C4)cccc3S(C)(=O)=O)c3nc(-c4cccc(F)c4C(F)(F)F)c(F)cc23)[C@@H](C)C1. The minimum Gasteiger partial charge on any atom is -0.350 e. The Morgan fingerprint density at radius 1 is 1.02 bits per heavy atom. The zero-order valence-electron chi connectivity index (χ0n) is 26.6. The van der Waals surface area contributed by atoms with E-state index in [-0.39, 0.29) is 58.9 Å². The quantitative estimate of drug-likeness (QED) is 0.215. The van der Waals surface area contributed by atoms with Gasteiger partial charge in [-0.3, -0.25) is 4.79 Å². The van der Waals surface area contributed by atoms with Crippen LogP contribution in [0.1, 0.15) is 24.0 Å². The second-order valence-corrected chi connectivity index (χ2v) is 14.3. The fraction of sp³-hybridized carbons (Fsp3) is 0.333. The molecule has 258 valence electrons. The number of carbonyl (C=O) groups excluding carboxylic acids is 1. The number of hydrogen-bond acceptors (Lipinski definition) is 8. The number of aromatic nitrogens is 3. The maximum absolute atomic E-state index is 16.1. The van der Waals surface area contributed by atoms with E-state index in [4.69, 9.17) is 0 Å². The van der Waals surface area contributed by atoms with Crippen molar-refractivity contribution in [1.82, 2.24) is 24.3 Å². The van der Waals surface area contributed by atoms with Crippen molar-refractivity contribution in [2.45, 2.75) is 30.0 Å². The molecule has 0 saturated carbocycles. The first-order valence-corrected chi connectivity index (χ1v) is 17.1. The third-order valence-electron chi connectivity index (χ3n) is 8.90. The number of halogens is 5. The molecule has 0 N–H and O–H groups in total. The molecule has 0 bridgehead atoms. The lowest BCUT2D eigenvalue weighted by molar-refractivity contribution is -0.139. The molecule has 4 heterocycles. The molecule has 0 spiro atoms. The smallest absolute Gasteiger partial charge is 0.350 e. The summed E-state index contributed by atoms with van der Waals surface area (Å²) in [6, 6.07) is 7.29.